The Morgan fingerprint density at radius 1 is 1.00 bits per heavy atom. The molecule has 1 fully saturated rings. The summed E-state index contributed by atoms with van der Waals surface area (Å²) in [4.78, 5) is 27.8. The fourth-order valence-electron chi connectivity index (χ4n) is 4.53. The van der Waals surface area contributed by atoms with Gasteiger partial charge < -0.3 is 14.7 Å². The number of nitrogens with zero attached hydrogens (tertiary/aromatic N) is 1. The number of hydrogen-bond acceptors (Lipinski definition) is 4. The van der Waals surface area contributed by atoms with Crippen LogP contribution in [-0.2, 0) is 22.6 Å². The van der Waals surface area contributed by atoms with E-state index in [1.54, 1.807) is 6.07 Å². The van der Waals surface area contributed by atoms with Crippen LogP contribution >= 0.6 is 0 Å². The molecule has 5 nitrogen and oxygen atoms in total. The number of amides is 1. The molecule has 160 valence electrons. The first-order valence-corrected chi connectivity index (χ1v) is 10.7. The summed E-state index contributed by atoms with van der Waals surface area (Å²) < 4.78 is 5.75. The molecule has 0 aromatic heterocycles. The number of ketones is 1. The number of rotatable bonds is 4. The molecule has 2 aliphatic heterocycles. The Bertz CT molecular complexity index is 1220. The van der Waals surface area contributed by atoms with Crippen LogP contribution in [0.4, 0.5) is 0 Å². The van der Waals surface area contributed by atoms with Crippen molar-refractivity contribution in [2.24, 2.45) is 0 Å². The summed E-state index contributed by atoms with van der Waals surface area (Å²) in [5.74, 6) is -0.645. The van der Waals surface area contributed by atoms with Gasteiger partial charge in [0.2, 0.25) is 0 Å². The van der Waals surface area contributed by atoms with Gasteiger partial charge in [0.15, 0.2) is 0 Å². The van der Waals surface area contributed by atoms with Crippen LogP contribution in [0.15, 0.2) is 84.4 Å². The molecule has 2 heterocycles. The molecule has 1 N–H and O–H groups in total. The summed E-state index contributed by atoms with van der Waals surface area (Å²) in [6.45, 7) is 2.27. The Labute approximate surface area is 186 Å². The van der Waals surface area contributed by atoms with Gasteiger partial charge in [-0.1, -0.05) is 60.7 Å². The molecule has 2 aliphatic rings. The fourth-order valence-corrected chi connectivity index (χ4v) is 4.53. The Morgan fingerprint density at radius 3 is 2.41 bits per heavy atom. The third-order valence-corrected chi connectivity index (χ3v) is 6.02. The zero-order valence-electron chi connectivity index (χ0n) is 17.7. The van der Waals surface area contributed by atoms with Gasteiger partial charge in [-0.3, -0.25) is 9.59 Å². The van der Waals surface area contributed by atoms with Crippen LogP contribution < -0.4 is 4.74 Å². The van der Waals surface area contributed by atoms with Crippen molar-refractivity contribution in [3.05, 3.63) is 107 Å². The van der Waals surface area contributed by atoms with E-state index in [1.807, 2.05) is 79.7 Å². The van der Waals surface area contributed by atoms with Crippen LogP contribution in [0, 0.1) is 0 Å². The van der Waals surface area contributed by atoms with Gasteiger partial charge in [-0.05, 0) is 41.8 Å². The topological polar surface area (TPSA) is 66.8 Å². The van der Waals surface area contributed by atoms with E-state index in [1.165, 1.54) is 4.90 Å². The van der Waals surface area contributed by atoms with Crippen molar-refractivity contribution in [2.75, 3.05) is 0 Å². The van der Waals surface area contributed by atoms with Crippen molar-refractivity contribution < 1.29 is 19.4 Å². The zero-order chi connectivity index (χ0) is 22.2. The van der Waals surface area contributed by atoms with Gasteiger partial charge in [-0.15, -0.1) is 0 Å². The molecule has 2 unspecified atom stereocenters. The molecule has 0 bridgehead atoms. The van der Waals surface area contributed by atoms with Gasteiger partial charge in [-0.25, -0.2) is 0 Å². The predicted molar refractivity (Wildman–Crippen MR) is 121 cm³/mol. The molecule has 0 spiro atoms. The number of hydrogen-bond donors (Lipinski definition) is 1. The second-order valence-corrected chi connectivity index (χ2v) is 8.28. The molecule has 0 aliphatic carbocycles. The van der Waals surface area contributed by atoms with Crippen molar-refractivity contribution in [3.8, 4) is 5.75 Å². The minimum Gasteiger partial charge on any atom is -0.507 e. The van der Waals surface area contributed by atoms with Crippen molar-refractivity contribution in [1.82, 2.24) is 4.90 Å². The van der Waals surface area contributed by atoms with E-state index in [9.17, 15) is 14.7 Å². The van der Waals surface area contributed by atoms with Gasteiger partial charge >= 0.3 is 0 Å². The van der Waals surface area contributed by atoms with E-state index < -0.39 is 17.7 Å². The highest BCUT2D eigenvalue weighted by molar-refractivity contribution is 6.46. The van der Waals surface area contributed by atoms with Crippen LogP contribution in [0.3, 0.4) is 0 Å². The van der Waals surface area contributed by atoms with Crippen molar-refractivity contribution in [1.29, 1.82) is 0 Å². The van der Waals surface area contributed by atoms with Gasteiger partial charge in [0.25, 0.3) is 11.7 Å². The number of carbonyl (C=O) groups excluding carboxylic acids is 2. The Kier molecular flexibility index (Phi) is 5.02. The quantitative estimate of drug-likeness (QED) is 0.376. The van der Waals surface area contributed by atoms with Gasteiger partial charge in [-0.2, -0.15) is 0 Å². The minimum atomic E-state index is -0.669. The maximum atomic E-state index is 13.2. The van der Waals surface area contributed by atoms with Gasteiger partial charge in [0.1, 0.15) is 17.6 Å². The second kappa shape index (κ2) is 8.00. The number of carbonyl (C=O) groups is 2. The molecular formula is C27H23NO4. The lowest BCUT2D eigenvalue weighted by atomic mass is 9.94. The van der Waals surface area contributed by atoms with Crippen LogP contribution in [0.2, 0.25) is 0 Å². The highest BCUT2D eigenvalue weighted by atomic mass is 16.5. The summed E-state index contributed by atoms with van der Waals surface area (Å²) in [5.41, 5.74) is 3.31. The third kappa shape index (κ3) is 3.46. The van der Waals surface area contributed by atoms with E-state index in [-0.39, 0.29) is 24.0 Å². The monoisotopic (exact) mass is 425 g/mol. The van der Waals surface area contributed by atoms with Crippen LogP contribution in [0.5, 0.6) is 5.75 Å². The maximum absolute atomic E-state index is 13.2. The largest absolute Gasteiger partial charge is 0.507 e. The minimum absolute atomic E-state index is 0.0724. The van der Waals surface area contributed by atoms with E-state index in [4.69, 9.17) is 4.74 Å². The number of likely N-dealkylation sites (tertiary alicyclic amines) is 1. The lowest BCUT2D eigenvalue weighted by molar-refractivity contribution is -0.140. The van der Waals surface area contributed by atoms with Crippen molar-refractivity contribution in [3.63, 3.8) is 0 Å². The number of fused-ring (bicyclic) bond motifs is 1. The standard InChI is InChI=1S/C27H23NO4/c1-17-14-21-15-20(12-13-22(21)32-17)25(29)23-24(19-10-6-3-7-11-19)28(27(31)26(23)30)16-18-8-4-2-5-9-18/h2-13,15,17,24,29H,14,16H2,1H3/b25-23-. The third-order valence-electron chi connectivity index (χ3n) is 6.02. The van der Waals surface area contributed by atoms with E-state index in [2.05, 4.69) is 0 Å². The normalized spacial score (nSPS) is 21.5. The number of benzene rings is 3. The fraction of sp³-hybridized carbons (Fsp3) is 0.185. The number of Topliss-reactive ketones (excluding diaryl/α,β-unsaturated/α-hetero) is 1. The summed E-state index contributed by atoms with van der Waals surface area (Å²) in [6.07, 6.45) is 0.809. The van der Waals surface area contributed by atoms with Gasteiger partial charge in [0.05, 0.1) is 11.6 Å². The molecule has 1 amide bonds. The Balaban J connectivity index is 1.62. The summed E-state index contributed by atoms with van der Waals surface area (Å²) >= 11 is 0. The van der Waals surface area contributed by atoms with E-state index >= 15 is 0 Å². The first kappa shape index (κ1) is 20.1. The lowest BCUT2D eigenvalue weighted by Gasteiger charge is -2.25. The van der Waals surface area contributed by atoms with Crippen LogP contribution in [-0.4, -0.2) is 27.8 Å². The molecule has 32 heavy (non-hydrogen) atoms. The molecule has 3 aromatic rings. The molecule has 3 aromatic carbocycles. The molecule has 5 heteroatoms. The number of aliphatic hydroxyl groups excluding tert-OH is 1. The first-order chi connectivity index (χ1) is 15.5. The second-order valence-electron chi connectivity index (χ2n) is 8.28. The van der Waals surface area contributed by atoms with Gasteiger partial charge in [0, 0.05) is 18.5 Å². The molecule has 5 rings (SSSR count). The molecule has 0 saturated carbocycles. The summed E-state index contributed by atoms with van der Waals surface area (Å²) in [5, 5.41) is 11.3. The molecule has 0 radical (unpaired) electrons. The maximum Gasteiger partial charge on any atom is 0.295 e. The molecule has 2 atom stereocenters. The van der Waals surface area contributed by atoms with E-state index in [0.29, 0.717) is 5.56 Å². The Hall–Kier alpha value is -3.86. The summed E-state index contributed by atoms with van der Waals surface area (Å²) in [6, 6.07) is 23.6. The highest BCUT2D eigenvalue weighted by Gasteiger charge is 2.46. The van der Waals surface area contributed by atoms with Crippen molar-refractivity contribution in [2.45, 2.75) is 32.0 Å². The highest BCUT2D eigenvalue weighted by Crippen LogP contribution is 2.41. The average molecular weight is 425 g/mol. The smallest absolute Gasteiger partial charge is 0.295 e. The SMILES string of the molecule is CC1Cc2cc(/C(O)=C3/C(=O)C(=O)N(Cc4ccccc4)C3c3ccccc3)ccc2O1. The average Bonchev–Trinajstić information content (AvgIpc) is 3.31. The predicted octanol–water partition coefficient (Wildman–Crippen LogP) is 4.63. The zero-order valence-corrected chi connectivity index (χ0v) is 17.7. The van der Waals surface area contributed by atoms with Crippen LogP contribution in [0.25, 0.3) is 5.76 Å². The number of ether oxygens (including phenoxy) is 1. The van der Waals surface area contributed by atoms with Crippen molar-refractivity contribution >= 4 is 17.4 Å². The first-order valence-electron chi connectivity index (χ1n) is 10.7. The van der Waals surface area contributed by atoms with E-state index in [0.717, 1.165) is 28.9 Å². The molecular weight excluding hydrogens is 402 g/mol. The van der Waals surface area contributed by atoms with Crippen LogP contribution in [0.1, 0.15) is 35.2 Å². The summed E-state index contributed by atoms with van der Waals surface area (Å²) in [7, 11) is 0. The molecule has 1 saturated heterocycles. The lowest BCUT2D eigenvalue weighted by Crippen LogP contribution is -2.29. The Morgan fingerprint density at radius 2 is 1.69 bits per heavy atom. The number of aliphatic hydroxyl groups is 1.